The molecule has 0 fully saturated rings. The number of aromatic nitrogens is 3. The highest BCUT2D eigenvalue weighted by molar-refractivity contribution is 6.29. The topological polar surface area (TPSA) is 41.6 Å². The zero-order chi connectivity index (χ0) is 10.4. The molecule has 3 nitrogen and oxygen atoms in total. The number of H-pyrrole nitrogens is 1. The minimum Gasteiger partial charge on any atom is -0.328 e. The number of aromatic amines is 1. The number of hydrogen-bond acceptors (Lipinski definition) is 2. The third-order valence-corrected chi connectivity index (χ3v) is 1.64. The van der Waals surface area contributed by atoms with Crippen LogP contribution in [0.4, 0.5) is 0 Å². The summed E-state index contributed by atoms with van der Waals surface area (Å²) in [6, 6.07) is 5.63. The second-order valence-electron chi connectivity index (χ2n) is 2.29. The van der Waals surface area contributed by atoms with Crippen molar-refractivity contribution in [2.45, 2.75) is 13.8 Å². The fourth-order valence-electron chi connectivity index (χ4n) is 0.932. The predicted octanol–water partition coefficient (Wildman–Crippen LogP) is 3.15. The van der Waals surface area contributed by atoms with Gasteiger partial charge >= 0.3 is 0 Å². The van der Waals surface area contributed by atoms with Crippen molar-refractivity contribution in [2.24, 2.45) is 0 Å². The average molecular weight is 210 g/mol. The number of pyridine rings is 1. The minimum absolute atomic E-state index is 0.524. The first kappa shape index (κ1) is 10.7. The molecule has 0 aliphatic carbocycles. The summed E-state index contributed by atoms with van der Waals surface area (Å²) < 4.78 is 0. The summed E-state index contributed by atoms with van der Waals surface area (Å²) in [6.45, 7) is 4.00. The molecule has 2 aromatic heterocycles. The lowest BCUT2D eigenvalue weighted by atomic mass is 10.3. The number of nitrogens with zero attached hydrogens (tertiary/aromatic N) is 2. The van der Waals surface area contributed by atoms with Gasteiger partial charge < -0.3 is 4.98 Å². The van der Waals surface area contributed by atoms with Gasteiger partial charge in [-0.05, 0) is 12.1 Å². The summed E-state index contributed by atoms with van der Waals surface area (Å²) in [6.07, 6.45) is 3.28. The van der Waals surface area contributed by atoms with E-state index >= 15 is 0 Å². The van der Waals surface area contributed by atoms with Gasteiger partial charge in [0.05, 0.1) is 6.20 Å². The van der Waals surface area contributed by atoms with Crippen LogP contribution in [0, 0.1) is 0 Å². The average Bonchev–Trinajstić information content (AvgIpc) is 2.69. The van der Waals surface area contributed by atoms with Gasteiger partial charge in [0.1, 0.15) is 10.8 Å². The van der Waals surface area contributed by atoms with Gasteiger partial charge in [0, 0.05) is 6.20 Å². The maximum absolute atomic E-state index is 5.66. The van der Waals surface area contributed by atoms with Crippen molar-refractivity contribution in [1.29, 1.82) is 0 Å². The van der Waals surface area contributed by atoms with Crippen molar-refractivity contribution in [3.05, 3.63) is 35.7 Å². The Balaban J connectivity index is 0.000000461. The van der Waals surface area contributed by atoms with Crippen molar-refractivity contribution in [2.75, 3.05) is 0 Å². The van der Waals surface area contributed by atoms with Crippen molar-refractivity contribution in [3.63, 3.8) is 0 Å². The quantitative estimate of drug-likeness (QED) is 0.784. The van der Waals surface area contributed by atoms with E-state index in [1.807, 2.05) is 32.0 Å². The molecule has 4 heteroatoms. The number of halogens is 1. The molecule has 0 aliphatic heterocycles. The zero-order valence-electron chi connectivity index (χ0n) is 8.16. The van der Waals surface area contributed by atoms with Crippen LogP contribution in [0.1, 0.15) is 13.8 Å². The Bertz CT molecular complexity index is 370. The van der Waals surface area contributed by atoms with Crippen LogP contribution in [0.3, 0.4) is 0 Å². The molecule has 0 unspecified atom stereocenters. The van der Waals surface area contributed by atoms with Crippen molar-refractivity contribution < 1.29 is 0 Å². The van der Waals surface area contributed by atoms with Crippen LogP contribution in [0.25, 0.3) is 11.5 Å². The van der Waals surface area contributed by atoms with Gasteiger partial charge in [-0.1, -0.05) is 31.5 Å². The smallest absolute Gasteiger partial charge is 0.157 e. The van der Waals surface area contributed by atoms with Crippen LogP contribution >= 0.6 is 11.6 Å². The van der Waals surface area contributed by atoms with Gasteiger partial charge in [-0.15, -0.1) is 0 Å². The Morgan fingerprint density at radius 1 is 1.21 bits per heavy atom. The highest BCUT2D eigenvalue weighted by Gasteiger charge is 2.00. The normalized spacial score (nSPS) is 9.07. The molecule has 0 saturated carbocycles. The van der Waals surface area contributed by atoms with E-state index in [0.717, 1.165) is 5.69 Å². The fourth-order valence-corrected chi connectivity index (χ4v) is 1.07. The Kier molecular flexibility index (Phi) is 4.13. The van der Waals surface area contributed by atoms with E-state index in [-0.39, 0.29) is 0 Å². The third-order valence-electron chi connectivity index (χ3n) is 1.45. The lowest BCUT2D eigenvalue weighted by Crippen LogP contribution is -1.82. The Morgan fingerprint density at radius 3 is 2.50 bits per heavy atom. The van der Waals surface area contributed by atoms with Gasteiger partial charge in [0.25, 0.3) is 0 Å². The second-order valence-corrected chi connectivity index (χ2v) is 2.70. The first-order valence-electron chi connectivity index (χ1n) is 4.48. The molecule has 14 heavy (non-hydrogen) atoms. The van der Waals surface area contributed by atoms with Crippen LogP contribution in [-0.2, 0) is 0 Å². The first-order chi connectivity index (χ1) is 6.86. The molecular formula is C10H12ClN3. The van der Waals surface area contributed by atoms with Crippen molar-refractivity contribution >= 4 is 11.6 Å². The van der Waals surface area contributed by atoms with Gasteiger partial charge in [-0.3, -0.25) is 4.98 Å². The monoisotopic (exact) mass is 209 g/mol. The molecule has 0 aromatic carbocycles. The maximum atomic E-state index is 5.66. The van der Waals surface area contributed by atoms with Crippen LogP contribution in [0.15, 0.2) is 30.6 Å². The Morgan fingerprint density at radius 2 is 2.00 bits per heavy atom. The van der Waals surface area contributed by atoms with Crippen LogP contribution in [-0.4, -0.2) is 15.0 Å². The molecule has 0 aliphatic rings. The summed E-state index contributed by atoms with van der Waals surface area (Å²) in [5.74, 6) is 0.695. The lowest BCUT2D eigenvalue weighted by molar-refractivity contribution is 1.22. The van der Waals surface area contributed by atoms with E-state index in [1.165, 1.54) is 0 Å². The summed E-state index contributed by atoms with van der Waals surface area (Å²) in [5, 5.41) is 0.524. The minimum atomic E-state index is 0.524. The molecule has 2 aromatic rings. The van der Waals surface area contributed by atoms with E-state index in [1.54, 1.807) is 12.4 Å². The molecule has 0 amide bonds. The van der Waals surface area contributed by atoms with Gasteiger partial charge in [0.15, 0.2) is 5.82 Å². The molecule has 0 atom stereocenters. The molecule has 1 N–H and O–H groups in total. The van der Waals surface area contributed by atoms with Gasteiger partial charge in [-0.2, -0.15) is 0 Å². The summed E-state index contributed by atoms with van der Waals surface area (Å²) >= 11 is 5.66. The van der Waals surface area contributed by atoms with Crippen molar-refractivity contribution in [3.8, 4) is 11.5 Å². The molecular weight excluding hydrogens is 198 g/mol. The first-order valence-corrected chi connectivity index (χ1v) is 4.86. The van der Waals surface area contributed by atoms with E-state index in [2.05, 4.69) is 15.0 Å². The molecule has 0 spiro atoms. The van der Waals surface area contributed by atoms with Crippen molar-refractivity contribution in [1.82, 2.24) is 15.0 Å². The van der Waals surface area contributed by atoms with E-state index < -0.39 is 0 Å². The second kappa shape index (κ2) is 5.40. The molecule has 0 radical (unpaired) electrons. The fraction of sp³-hybridized carbons (Fsp3) is 0.200. The van der Waals surface area contributed by atoms with E-state index in [4.69, 9.17) is 11.6 Å². The molecule has 2 heterocycles. The standard InChI is InChI=1S/C8H6ClN3.C2H6/c9-7-5-11-8(12-7)6-3-1-2-4-10-6;1-2/h1-5H,(H,11,12);1-2H3. The van der Waals surface area contributed by atoms with Crippen LogP contribution in [0.2, 0.25) is 5.15 Å². The molecule has 0 bridgehead atoms. The number of hydrogen-bond donors (Lipinski definition) is 1. The Labute approximate surface area is 88.2 Å². The number of rotatable bonds is 1. The SMILES string of the molecule is CC.Clc1cnc(-c2ccccn2)[nH]1. The maximum Gasteiger partial charge on any atom is 0.157 e. The summed E-state index contributed by atoms with van der Waals surface area (Å²) in [4.78, 5) is 11.0. The molecule has 74 valence electrons. The van der Waals surface area contributed by atoms with E-state index in [9.17, 15) is 0 Å². The van der Waals surface area contributed by atoms with Gasteiger partial charge in [0.2, 0.25) is 0 Å². The highest BCUT2D eigenvalue weighted by atomic mass is 35.5. The molecule has 2 rings (SSSR count). The van der Waals surface area contributed by atoms with Crippen LogP contribution in [0.5, 0.6) is 0 Å². The summed E-state index contributed by atoms with van der Waals surface area (Å²) in [7, 11) is 0. The molecule has 0 saturated heterocycles. The van der Waals surface area contributed by atoms with E-state index in [0.29, 0.717) is 11.0 Å². The predicted molar refractivity (Wildman–Crippen MR) is 58.2 cm³/mol. The zero-order valence-corrected chi connectivity index (χ0v) is 8.92. The lowest BCUT2D eigenvalue weighted by Gasteiger charge is -1.92. The third kappa shape index (κ3) is 2.57. The Hall–Kier alpha value is -1.35. The van der Waals surface area contributed by atoms with Crippen LogP contribution < -0.4 is 0 Å². The number of imidazole rings is 1. The summed E-state index contributed by atoms with van der Waals surface area (Å²) in [5.41, 5.74) is 0.796. The largest absolute Gasteiger partial charge is 0.328 e. The number of nitrogens with one attached hydrogen (secondary N) is 1. The van der Waals surface area contributed by atoms with Gasteiger partial charge in [-0.25, -0.2) is 4.98 Å². The highest BCUT2D eigenvalue weighted by Crippen LogP contribution is 2.13.